The van der Waals surface area contributed by atoms with E-state index in [0.717, 1.165) is 62.7 Å². The summed E-state index contributed by atoms with van der Waals surface area (Å²) in [6.07, 6.45) is 8.69. The Balaban J connectivity index is 0.853. The van der Waals surface area contributed by atoms with Crippen LogP contribution in [-0.4, -0.2) is 122 Å². The molecule has 0 saturated heterocycles. The topological polar surface area (TPSA) is 263 Å². The first-order valence-corrected chi connectivity index (χ1v) is 29.0. The summed E-state index contributed by atoms with van der Waals surface area (Å²) >= 11 is 1.16. The fraction of sp³-hybridized carbons (Fsp3) is 0.650. The molecule has 4 aliphatic rings. The molecule has 4 fully saturated rings. The highest BCUT2D eigenvalue weighted by atomic mass is 32.1. The van der Waals surface area contributed by atoms with Crippen LogP contribution in [0.2, 0.25) is 0 Å². The number of thiazole rings is 1. The van der Waals surface area contributed by atoms with E-state index in [0.29, 0.717) is 64.3 Å². The number of likely N-dealkylation sites (N-methyl/N-ethyl adjacent to an activating group) is 1. The van der Waals surface area contributed by atoms with E-state index in [4.69, 9.17) is 4.74 Å². The smallest absolute Gasteiger partial charge is 0.415 e. The maximum atomic E-state index is 13.7. The zero-order chi connectivity index (χ0) is 57.0. The average Bonchev–Trinajstić information content (AvgIpc) is 4.16. The number of rotatable bonds is 22. The van der Waals surface area contributed by atoms with E-state index in [9.17, 15) is 54.8 Å². The van der Waals surface area contributed by atoms with Crippen LogP contribution in [-0.2, 0) is 24.6 Å². The number of carbonyl (C=O) groups is 5. The molecule has 1 aromatic heterocycles. The van der Waals surface area contributed by atoms with Gasteiger partial charge in [0, 0.05) is 85.5 Å². The van der Waals surface area contributed by atoms with Crippen LogP contribution in [0.1, 0.15) is 153 Å². The molecule has 426 valence electrons. The number of carbonyl (C=O) groups excluding carboxylic acids is 4. The van der Waals surface area contributed by atoms with Gasteiger partial charge in [0.1, 0.15) is 29.4 Å². The van der Waals surface area contributed by atoms with E-state index >= 15 is 0 Å². The molecule has 4 amide bonds. The number of aliphatic hydroxyl groups is 2. The van der Waals surface area contributed by atoms with Gasteiger partial charge in [-0.3, -0.25) is 14.4 Å². The van der Waals surface area contributed by atoms with Gasteiger partial charge in [0.2, 0.25) is 17.7 Å². The van der Waals surface area contributed by atoms with Crippen LogP contribution >= 0.6 is 11.3 Å². The third-order valence-electron chi connectivity index (χ3n) is 19.2. The number of carboxylic acid groups (broad SMARTS) is 1. The van der Waals surface area contributed by atoms with Gasteiger partial charge in [-0.2, -0.15) is 5.26 Å². The van der Waals surface area contributed by atoms with E-state index < -0.39 is 23.5 Å². The van der Waals surface area contributed by atoms with E-state index in [1.807, 2.05) is 6.07 Å². The van der Waals surface area contributed by atoms with Crippen molar-refractivity contribution in [3.05, 3.63) is 44.8 Å². The second-order valence-electron chi connectivity index (χ2n) is 24.5. The number of amides is 4. The Labute approximate surface area is 463 Å². The molecule has 0 aliphatic heterocycles. The Morgan fingerprint density at radius 1 is 0.923 bits per heavy atom. The molecule has 0 spiro atoms. The molecule has 18 heteroatoms. The summed E-state index contributed by atoms with van der Waals surface area (Å²) in [5.41, 5.74) is 0.564. The van der Waals surface area contributed by atoms with Crippen LogP contribution in [0.15, 0.2) is 18.2 Å². The number of nitriles is 1. The fourth-order valence-corrected chi connectivity index (χ4v) is 15.4. The number of ether oxygens (including phenoxy) is 1. The Bertz CT molecular complexity index is 2870. The zero-order valence-corrected chi connectivity index (χ0v) is 47.7. The van der Waals surface area contributed by atoms with Gasteiger partial charge in [0.25, 0.3) is 0 Å². The molecule has 11 atom stereocenters. The number of carboxylic acids is 1. The summed E-state index contributed by atoms with van der Waals surface area (Å²) in [5, 5.41) is 69.5. The second-order valence-corrected chi connectivity index (χ2v) is 25.6. The van der Waals surface area contributed by atoms with E-state index in [2.05, 4.69) is 49.5 Å². The van der Waals surface area contributed by atoms with Crippen molar-refractivity contribution in [1.29, 1.82) is 5.26 Å². The minimum atomic E-state index is -1.11. The highest BCUT2D eigenvalue weighted by Crippen LogP contribution is 2.68. The number of nitrogens with zero attached hydrogens (tertiary/aromatic N) is 4. The summed E-state index contributed by atoms with van der Waals surface area (Å²) in [6, 6.07) is 5.80. The number of hydrogen-bond donors (Lipinski definition) is 7. The number of unbranched alkanes of at least 4 members (excludes halogenated alkanes) is 1. The Hall–Kier alpha value is -5.77. The fourth-order valence-electron chi connectivity index (χ4n) is 14.6. The van der Waals surface area contributed by atoms with Gasteiger partial charge in [0.05, 0.1) is 22.4 Å². The largest absolute Gasteiger partial charge is 0.507 e. The summed E-state index contributed by atoms with van der Waals surface area (Å²) in [4.78, 5) is 73.1. The predicted molar refractivity (Wildman–Crippen MR) is 299 cm³/mol. The number of phenols is 2. The average molecular weight is 1100 g/mol. The van der Waals surface area contributed by atoms with E-state index in [-0.39, 0.29) is 144 Å². The number of hydrogen-bond acceptors (Lipinski definition) is 13. The molecule has 1 heterocycles. The Morgan fingerprint density at radius 3 is 2.36 bits per heavy atom. The number of fused-ring (bicyclic) bond motifs is 6. The summed E-state index contributed by atoms with van der Waals surface area (Å²) in [5.74, 6) is 0.221. The van der Waals surface area contributed by atoms with Gasteiger partial charge in [-0.15, -0.1) is 11.3 Å². The molecule has 2 unspecified atom stereocenters. The zero-order valence-electron chi connectivity index (χ0n) is 46.9. The predicted octanol–water partition coefficient (Wildman–Crippen LogP) is 7.38. The number of aromatic hydroxyl groups is 2. The van der Waals surface area contributed by atoms with Gasteiger partial charge in [-0.05, 0) is 149 Å². The minimum Gasteiger partial charge on any atom is -0.507 e. The molecular formula is C60H84N6O11S. The third-order valence-corrected chi connectivity index (χ3v) is 20.1. The van der Waals surface area contributed by atoms with Crippen molar-refractivity contribution in [3.8, 4) is 23.3 Å². The lowest BCUT2D eigenvalue weighted by Crippen LogP contribution is -2.58. The van der Waals surface area contributed by atoms with Crippen molar-refractivity contribution in [2.45, 2.75) is 168 Å². The van der Waals surface area contributed by atoms with Gasteiger partial charge in [-0.1, -0.05) is 47.8 Å². The van der Waals surface area contributed by atoms with Crippen molar-refractivity contribution in [2.24, 2.45) is 46.3 Å². The Kier molecular flexibility index (Phi) is 19.0. The normalized spacial score (nSPS) is 26.3. The van der Waals surface area contributed by atoms with Crippen LogP contribution in [0.25, 0.3) is 23.4 Å². The molecule has 4 saturated carbocycles. The van der Waals surface area contributed by atoms with Crippen LogP contribution in [0.3, 0.4) is 0 Å². The highest BCUT2D eigenvalue weighted by Gasteiger charge is 2.63. The van der Waals surface area contributed by atoms with Crippen molar-refractivity contribution in [2.75, 3.05) is 33.2 Å². The standard InChI is InChI=1S/C60H84N6O11S/c1-34(41-17-18-42-52-43(22-24-60(41,42)8)59(7)23-21-39(67)29-38(59)30-46(52)68)15-20-49(70)63-45(56(74)75)13-10-11-25-62-48(69)14-12-26-66(57(76)77-40-16-19-44-47(31-40)78-50(33-61)64-44)28-27-65(9)51(71)32-58(5,6)53-37(4)54(72)35(2)36(3)55(53)73/h16,19,31,34,38-39,41-43,45-46,52,67-68,72-73H,3-4,10-15,17-18,20-30,32H2,1-2,5-9H3,(H,62,69)(H,63,70)(H,74,75)/t34-,38+,39-,41?,42+,43+,45?,46-,52+,59+,60-/m1/s1. The monoisotopic (exact) mass is 1100 g/mol. The summed E-state index contributed by atoms with van der Waals surface area (Å²) < 4.78 is 6.42. The first-order valence-electron chi connectivity index (χ1n) is 28.2. The first kappa shape index (κ1) is 59.9. The molecule has 78 heavy (non-hydrogen) atoms. The van der Waals surface area contributed by atoms with E-state index in [1.54, 1.807) is 46.0 Å². The maximum Gasteiger partial charge on any atom is 0.415 e. The van der Waals surface area contributed by atoms with Crippen LogP contribution < -0.4 is 25.8 Å². The lowest BCUT2D eigenvalue weighted by Gasteiger charge is -2.62. The number of aromatic nitrogens is 1. The van der Waals surface area contributed by atoms with Crippen molar-refractivity contribution >= 4 is 64.5 Å². The Morgan fingerprint density at radius 2 is 1.64 bits per heavy atom. The van der Waals surface area contributed by atoms with Crippen LogP contribution in [0, 0.1) is 64.6 Å². The maximum absolute atomic E-state index is 13.7. The van der Waals surface area contributed by atoms with Gasteiger partial charge >= 0.3 is 12.1 Å². The summed E-state index contributed by atoms with van der Waals surface area (Å²) in [6.45, 7) is 20.6. The number of benzene rings is 2. The quantitative estimate of drug-likeness (QED) is 0.0383. The number of nitrogens with one attached hydrogen (secondary N) is 2. The molecule has 4 aliphatic carbocycles. The molecule has 7 N–H and O–H groups in total. The molecule has 7 rings (SSSR count). The lowest BCUT2D eigenvalue weighted by molar-refractivity contribution is -0.174. The highest BCUT2D eigenvalue weighted by molar-refractivity contribution is 7.19. The van der Waals surface area contributed by atoms with Gasteiger partial charge in [0.15, 0.2) is 5.01 Å². The van der Waals surface area contributed by atoms with E-state index in [1.165, 1.54) is 9.80 Å². The molecule has 0 bridgehead atoms. The van der Waals surface area contributed by atoms with Gasteiger partial charge in [-0.25, -0.2) is 14.6 Å². The van der Waals surface area contributed by atoms with Crippen LogP contribution in [0.4, 0.5) is 4.79 Å². The molecule has 2 aromatic carbocycles. The molecule has 3 aromatic rings. The minimum absolute atomic E-state index is 0.0474. The SMILES string of the molecule is C=c1c(C)c(O)c(=C)c(C(C)(C)CC(=O)N(C)CCN(CCCC(=O)NCCCCC(NC(=O)CC[C@@H](C)C2CC[C@H]3[C@@H]4[C@H](O)C[C@@H]5C[C@H](O)CC[C@]5(C)[C@H]4CC[C@]23C)C(=O)O)C(=O)Oc2ccc3nc(C#N)sc3c2)c1O. The number of phenolic OH excluding ortho intramolecular Hbond substituents is 2. The van der Waals surface area contributed by atoms with Gasteiger partial charge < -0.3 is 50.7 Å². The number of aliphatic carboxylic acids is 1. The third kappa shape index (κ3) is 12.9. The second kappa shape index (κ2) is 24.7. The van der Waals surface area contributed by atoms with Crippen molar-refractivity contribution < 1.29 is 54.2 Å². The van der Waals surface area contributed by atoms with Crippen LogP contribution in [0.5, 0.6) is 17.2 Å². The number of aliphatic hydroxyl groups excluding tert-OH is 2. The molecule has 0 radical (unpaired) electrons. The lowest BCUT2D eigenvalue weighted by atomic mass is 9.43. The molecular weight excluding hydrogens is 1010 g/mol. The molecule has 17 nitrogen and oxygen atoms in total. The van der Waals surface area contributed by atoms with Crippen molar-refractivity contribution in [3.63, 3.8) is 0 Å². The first-order chi connectivity index (χ1) is 36.8. The summed E-state index contributed by atoms with van der Waals surface area (Å²) in [7, 11) is 1.59. The van der Waals surface area contributed by atoms with Crippen molar-refractivity contribution in [1.82, 2.24) is 25.4 Å².